The number of anilines is 1. The van der Waals surface area contributed by atoms with E-state index in [1.165, 1.54) is 42.3 Å². The first-order chi connectivity index (χ1) is 8.86. The van der Waals surface area contributed by atoms with Crippen molar-refractivity contribution in [3.05, 3.63) is 30.5 Å². The van der Waals surface area contributed by atoms with Crippen LogP contribution in [0, 0.1) is 6.20 Å². The quantitative estimate of drug-likeness (QED) is 0.765. The molecule has 2 aromatic rings. The monoisotopic (exact) mass is 243 g/mol. The molecule has 0 saturated carbocycles. The second kappa shape index (κ2) is 6.48. The van der Waals surface area contributed by atoms with Crippen molar-refractivity contribution in [2.45, 2.75) is 39.5 Å². The number of aromatic nitrogens is 1. The summed E-state index contributed by atoms with van der Waals surface area (Å²) in [7, 11) is 0. The molecule has 0 aliphatic rings. The third-order valence-corrected chi connectivity index (χ3v) is 3.38. The predicted molar refractivity (Wildman–Crippen MR) is 79.2 cm³/mol. The van der Waals surface area contributed by atoms with Crippen molar-refractivity contribution < 1.29 is 0 Å². The summed E-state index contributed by atoms with van der Waals surface area (Å²) in [4.78, 5) is 5.73. The summed E-state index contributed by atoms with van der Waals surface area (Å²) < 4.78 is 0. The van der Waals surface area contributed by atoms with E-state index in [1.54, 1.807) is 0 Å². The van der Waals surface area contributed by atoms with Gasteiger partial charge >= 0.3 is 0 Å². The van der Waals surface area contributed by atoms with E-state index in [0.29, 0.717) is 0 Å². The van der Waals surface area contributed by atoms with Crippen molar-refractivity contribution >= 4 is 16.6 Å². The molecule has 1 radical (unpaired) electrons. The molecule has 0 aliphatic heterocycles. The third kappa shape index (κ3) is 2.87. The fourth-order valence-electron chi connectivity index (χ4n) is 2.28. The number of nitrogens with zero attached hydrogens (tertiary/aromatic N) is 1. The maximum atomic E-state index is 3.33. The summed E-state index contributed by atoms with van der Waals surface area (Å²) in [5.74, 6) is 0. The van der Waals surface area contributed by atoms with Gasteiger partial charge in [0.2, 0.25) is 0 Å². The largest absolute Gasteiger partial charge is 0.369 e. The molecule has 0 atom stereocenters. The van der Waals surface area contributed by atoms with Crippen LogP contribution in [0.15, 0.2) is 24.3 Å². The van der Waals surface area contributed by atoms with Crippen LogP contribution < -0.4 is 4.90 Å². The second-order valence-electron chi connectivity index (χ2n) is 4.84. The average molecular weight is 243 g/mol. The number of para-hydroxylation sites is 1. The Labute approximate surface area is 110 Å². The van der Waals surface area contributed by atoms with Gasteiger partial charge in [0.05, 0.1) is 11.9 Å². The highest BCUT2D eigenvalue weighted by atomic mass is 15.1. The SMILES string of the molecule is CCCCN(CCCC)c1[c][nH]c2ccccc12. The van der Waals surface area contributed by atoms with Gasteiger partial charge in [-0.05, 0) is 18.9 Å². The Kier molecular flexibility index (Phi) is 4.68. The molecule has 0 unspecified atom stereocenters. The van der Waals surface area contributed by atoms with E-state index in [4.69, 9.17) is 0 Å². The lowest BCUT2D eigenvalue weighted by molar-refractivity contribution is 0.679. The Morgan fingerprint density at radius 2 is 1.72 bits per heavy atom. The molecule has 18 heavy (non-hydrogen) atoms. The number of H-pyrrole nitrogens is 1. The number of unbranched alkanes of at least 4 members (excludes halogenated alkanes) is 2. The first-order valence-electron chi connectivity index (χ1n) is 7.10. The van der Waals surface area contributed by atoms with Crippen molar-refractivity contribution in [3.63, 3.8) is 0 Å². The molecule has 0 amide bonds. The van der Waals surface area contributed by atoms with Gasteiger partial charge in [-0.2, -0.15) is 0 Å². The summed E-state index contributed by atoms with van der Waals surface area (Å²) in [6.07, 6.45) is 8.31. The zero-order valence-corrected chi connectivity index (χ0v) is 11.5. The number of rotatable bonds is 7. The van der Waals surface area contributed by atoms with Gasteiger partial charge in [-0.15, -0.1) is 0 Å². The summed E-state index contributed by atoms with van der Waals surface area (Å²) >= 11 is 0. The summed E-state index contributed by atoms with van der Waals surface area (Å²) in [5, 5.41) is 1.30. The van der Waals surface area contributed by atoms with E-state index >= 15 is 0 Å². The number of hydrogen-bond donors (Lipinski definition) is 1. The van der Waals surface area contributed by atoms with Gasteiger partial charge in [-0.1, -0.05) is 44.9 Å². The van der Waals surface area contributed by atoms with E-state index < -0.39 is 0 Å². The minimum atomic E-state index is 1.13. The highest BCUT2D eigenvalue weighted by Gasteiger charge is 2.11. The van der Waals surface area contributed by atoms with Crippen molar-refractivity contribution in [3.8, 4) is 0 Å². The highest BCUT2D eigenvalue weighted by Crippen LogP contribution is 2.26. The lowest BCUT2D eigenvalue weighted by Crippen LogP contribution is -2.25. The van der Waals surface area contributed by atoms with Crippen LogP contribution in [0.3, 0.4) is 0 Å². The molecule has 0 spiro atoms. The van der Waals surface area contributed by atoms with Gasteiger partial charge in [-0.3, -0.25) is 0 Å². The van der Waals surface area contributed by atoms with E-state index in [1.807, 2.05) is 0 Å². The Bertz CT molecular complexity index is 465. The molecule has 1 aromatic carbocycles. The zero-order valence-electron chi connectivity index (χ0n) is 11.5. The molecule has 97 valence electrons. The van der Waals surface area contributed by atoms with Crippen LogP contribution in [0.1, 0.15) is 39.5 Å². The lowest BCUT2D eigenvalue weighted by Gasteiger charge is -2.23. The minimum absolute atomic E-state index is 1.13. The topological polar surface area (TPSA) is 19.0 Å². The first kappa shape index (κ1) is 13.0. The van der Waals surface area contributed by atoms with Crippen LogP contribution in [0.2, 0.25) is 0 Å². The first-order valence-corrected chi connectivity index (χ1v) is 7.10. The Hall–Kier alpha value is -1.44. The van der Waals surface area contributed by atoms with Crippen LogP contribution in [0.4, 0.5) is 5.69 Å². The molecular formula is C16H23N2. The van der Waals surface area contributed by atoms with E-state index in [2.05, 4.69) is 54.2 Å². The molecule has 2 heteroatoms. The van der Waals surface area contributed by atoms with Crippen molar-refractivity contribution in [2.75, 3.05) is 18.0 Å². The summed E-state index contributed by atoms with van der Waals surface area (Å²) in [5.41, 5.74) is 2.43. The van der Waals surface area contributed by atoms with Crippen molar-refractivity contribution in [1.29, 1.82) is 0 Å². The molecule has 1 heterocycles. The van der Waals surface area contributed by atoms with Gasteiger partial charge in [0, 0.05) is 24.0 Å². The number of hydrogen-bond acceptors (Lipinski definition) is 1. The molecule has 2 rings (SSSR count). The van der Waals surface area contributed by atoms with Crippen LogP contribution in [-0.2, 0) is 0 Å². The lowest BCUT2D eigenvalue weighted by atomic mass is 10.2. The Morgan fingerprint density at radius 3 is 2.39 bits per heavy atom. The third-order valence-electron chi connectivity index (χ3n) is 3.38. The summed E-state index contributed by atoms with van der Waals surface area (Å²) in [6.45, 7) is 6.76. The van der Waals surface area contributed by atoms with Crippen molar-refractivity contribution in [2.24, 2.45) is 0 Å². The zero-order chi connectivity index (χ0) is 12.8. The van der Waals surface area contributed by atoms with Gasteiger partial charge in [0.15, 0.2) is 0 Å². The van der Waals surface area contributed by atoms with E-state index in [-0.39, 0.29) is 0 Å². The van der Waals surface area contributed by atoms with Gasteiger partial charge < -0.3 is 9.88 Å². The van der Waals surface area contributed by atoms with Crippen LogP contribution >= 0.6 is 0 Å². The van der Waals surface area contributed by atoms with E-state index in [0.717, 1.165) is 13.1 Å². The molecule has 2 nitrogen and oxygen atoms in total. The fraction of sp³-hybridized carbons (Fsp3) is 0.500. The smallest absolute Gasteiger partial charge is 0.0890 e. The maximum Gasteiger partial charge on any atom is 0.0890 e. The molecule has 0 saturated heterocycles. The van der Waals surface area contributed by atoms with E-state index in [9.17, 15) is 0 Å². The Morgan fingerprint density at radius 1 is 1.06 bits per heavy atom. The molecule has 1 N–H and O–H groups in total. The van der Waals surface area contributed by atoms with Gasteiger partial charge in [0.25, 0.3) is 0 Å². The summed E-state index contributed by atoms with van der Waals surface area (Å²) in [6, 6.07) is 8.47. The molecule has 0 bridgehead atoms. The minimum Gasteiger partial charge on any atom is -0.369 e. The molecule has 1 aromatic heterocycles. The second-order valence-corrected chi connectivity index (χ2v) is 4.84. The normalized spacial score (nSPS) is 11.0. The number of aromatic amines is 1. The Balaban J connectivity index is 2.22. The molecular weight excluding hydrogens is 220 g/mol. The van der Waals surface area contributed by atoms with Crippen LogP contribution in [-0.4, -0.2) is 18.1 Å². The standard InChI is InChI=1S/C16H23N2/c1-3-5-11-18(12-6-4-2)16-13-17-15-10-8-7-9-14(15)16/h7-10,17H,3-6,11-12H2,1-2H3. The maximum absolute atomic E-state index is 3.33. The number of nitrogens with one attached hydrogen (secondary N) is 1. The average Bonchev–Trinajstić information content (AvgIpc) is 2.83. The number of fused-ring (bicyclic) bond motifs is 1. The highest BCUT2D eigenvalue weighted by molar-refractivity contribution is 5.92. The molecule has 0 aliphatic carbocycles. The number of benzene rings is 1. The van der Waals surface area contributed by atoms with Crippen molar-refractivity contribution in [1.82, 2.24) is 4.98 Å². The fourth-order valence-corrected chi connectivity index (χ4v) is 2.28. The van der Waals surface area contributed by atoms with Gasteiger partial charge in [0.1, 0.15) is 0 Å². The predicted octanol–water partition coefficient (Wildman–Crippen LogP) is 4.37. The van der Waals surface area contributed by atoms with Crippen LogP contribution in [0.5, 0.6) is 0 Å². The van der Waals surface area contributed by atoms with Gasteiger partial charge in [-0.25, -0.2) is 0 Å². The van der Waals surface area contributed by atoms with Crippen LogP contribution in [0.25, 0.3) is 10.9 Å². The molecule has 0 fully saturated rings.